The molecule has 0 bridgehead atoms. The van der Waals surface area contributed by atoms with Gasteiger partial charge < -0.3 is 4.90 Å². The first-order valence-corrected chi connectivity index (χ1v) is 7.90. The monoisotopic (exact) mass is 265 g/mol. The summed E-state index contributed by atoms with van der Waals surface area (Å²) in [6, 6.07) is 3.60. The number of hydrogen-bond donors (Lipinski definition) is 1. The van der Waals surface area contributed by atoms with E-state index in [0.717, 1.165) is 13.0 Å². The minimum absolute atomic E-state index is 0.396. The van der Waals surface area contributed by atoms with Crippen LogP contribution in [0.3, 0.4) is 0 Å². The van der Waals surface area contributed by atoms with Crippen LogP contribution in [-0.4, -0.2) is 36.1 Å². The molecule has 1 aliphatic carbocycles. The lowest BCUT2D eigenvalue weighted by Gasteiger charge is -2.36. The quantitative estimate of drug-likeness (QED) is 0.749. The second kappa shape index (κ2) is 7.87. The Balaban J connectivity index is 2.55. The Morgan fingerprint density at radius 3 is 2.37 bits per heavy atom. The van der Waals surface area contributed by atoms with Gasteiger partial charge in [0, 0.05) is 12.1 Å². The topological polar surface area (TPSA) is 39.1 Å². The Morgan fingerprint density at radius 1 is 1.32 bits per heavy atom. The molecule has 3 heteroatoms. The zero-order valence-electron chi connectivity index (χ0n) is 13.2. The van der Waals surface area contributed by atoms with Crippen molar-refractivity contribution in [2.75, 3.05) is 13.6 Å². The zero-order valence-corrected chi connectivity index (χ0v) is 13.2. The van der Waals surface area contributed by atoms with Gasteiger partial charge in [0.1, 0.15) is 5.54 Å². The van der Waals surface area contributed by atoms with E-state index in [0.29, 0.717) is 12.1 Å². The van der Waals surface area contributed by atoms with E-state index in [1.165, 1.54) is 38.5 Å². The number of nitriles is 1. The van der Waals surface area contributed by atoms with Crippen LogP contribution in [0, 0.1) is 11.3 Å². The van der Waals surface area contributed by atoms with E-state index in [-0.39, 0.29) is 0 Å². The molecule has 1 fully saturated rings. The standard InChI is InChI=1S/C16H31N3/c1-5-18-16(3,13-17)12-14(2)19(4)15-10-8-6-7-9-11-15/h14-15,18H,5-12H2,1-4H3. The van der Waals surface area contributed by atoms with E-state index < -0.39 is 5.54 Å². The van der Waals surface area contributed by atoms with Crippen LogP contribution in [0.5, 0.6) is 0 Å². The highest BCUT2D eigenvalue weighted by Crippen LogP contribution is 2.24. The third-order valence-electron chi connectivity index (χ3n) is 4.61. The lowest BCUT2D eigenvalue weighted by atomic mass is 9.93. The van der Waals surface area contributed by atoms with Crippen molar-refractivity contribution in [1.82, 2.24) is 10.2 Å². The van der Waals surface area contributed by atoms with Crippen LogP contribution in [0.25, 0.3) is 0 Å². The highest BCUT2D eigenvalue weighted by Gasteiger charge is 2.29. The van der Waals surface area contributed by atoms with Crippen molar-refractivity contribution in [3.8, 4) is 6.07 Å². The van der Waals surface area contributed by atoms with E-state index in [4.69, 9.17) is 0 Å². The van der Waals surface area contributed by atoms with Gasteiger partial charge in [-0.25, -0.2) is 0 Å². The molecule has 0 heterocycles. The first-order valence-electron chi connectivity index (χ1n) is 7.90. The number of nitrogens with zero attached hydrogens (tertiary/aromatic N) is 2. The predicted octanol–water partition coefficient (Wildman–Crippen LogP) is 3.31. The summed E-state index contributed by atoms with van der Waals surface area (Å²) in [6.07, 6.45) is 9.06. The molecule has 0 radical (unpaired) electrons. The van der Waals surface area contributed by atoms with Gasteiger partial charge in [0.2, 0.25) is 0 Å². The van der Waals surface area contributed by atoms with Gasteiger partial charge >= 0.3 is 0 Å². The summed E-state index contributed by atoms with van der Waals surface area (Å²) >= 11 is 0. The van der Waals surface area contributed by atoms with Crippen molar-refractivity contribution in [3.63, 3.8) is 0 Å². The molecule has 3 nitrogen and oxygen atoms in total. The number of hydrogen-bond acceptors (Lipinski definition) is 3. The second-order valence-electron chi connectivity index (χ2n) is 6.34. The van der Waals surface area contributed by atoms with Crippen molar-refractivity contribution in [2.24, 2.45) is 0 Å². The molecule has 2 atom stereocenters. The van der Waals surface area contributed by atoms with Crippen LogP contribution in [0.4, 0.5) is 0 Å². The summed E-state index contributed by atoms with van der Waals surface area (Å²) in [6.45, 7) is 7.20. The Morgan fingerprint density at radius 2 is 1.89 bits per heavy atom. The van der Waals surface area contributed by atoms with Crippen LogP contribution < -0.4 is 5.32 Å². The highest BCUT2D eigenvalue weighted by atomic mass is 15.2. The maximum absolute atomic E-state index is 9.37. The van der Waals surface area contributed by atoms with E-state index in [1.54, 1.807) is 0 Å². The SMILES string of the molecule is CCNC(C)(C#N)CC(C)N(C)C1CCCCCC1. The van der Waals surface area contributed by atoms with Gasteiger partial charge in [-0.15, -0.1) is 0 Å². The van der Waals surface area contributed by atoms with Crippen molar-refractivity contribution >= 4 is 0 Å². The van der Waals surface area contributed by atoms with Gasteiger partial charge in [-0.1, -0.05) is 32.6 Å². The normalized spacial score (nSPS) is 22.5. The maximum Gasteiger partial charge on any atom is 0.105 e. The second-order valence-corrected chi connectivity index (χ2v) is 6.34. The first kappa shape index (κ1) is 16.5. The molecule has 0 aromatic heterocycles. The molecule has 0 aromatic carbocycles. The van der Waals surface area contributed by atoms with Crippen LogP contribution in [0.1, 0.15) is 65.7 Å². The highest BCUT2D eigenvalue weighted by molar-refractivity contribution is 5.05. The van der Waals surface area contributed by atoms with Crippen LogP contribution in [0.2, 0.25) is 0 Å². The van der Waals surface area contributed by atoms with Crippen molar-refractivity contribution in [3.05, 3.63) is 0 Å². The number of rotatable bonds is 6. The molecule has 1 saturated carbocycles. The van der Waals surface area contributed by atoms with Crippen molar-refractivity contribution in [1.29, 1.82) is 5.26 Å². The molecule has 0 aliphatic heterocycles. The summed E-state index contributed by atoms with van der Waals surface area (Å²) in [5, 5.41) is 12.7. The lowest BCUT2D eigenvalue weighted by molar-refractivity contribution is 0.144. The molecule has 19 heavy (non-hydrogen) atoms. The molecule has 110 valence electrons. The minimum atomic E-state index is -0.396. The molecular weight excluding hydrogens is 234 g/mol. The fourth-order valence-corrected chi connectivity index (χ4v) is 3.31. The van der Waals surface area contributed by atoms with Crippen molar-refractivity contribution in [2.45, 2.75) is 83.3 Å². The molecule has 1 aliphatic rings. The van der Waals surface area contributed by atoms with E-state index >= 15 is 0 Å². The van der Waals surface area contributed by atoms with Crippen LogP contribution >= 0.6 is 0 Å². The molecule has 0 spiro atoms. The molecule has 1 rings (SSSR count). The van der Waals surface area contributed by atoms with Gasteiger partial charge in [0.25, 0.3) is 0 Å². The third kappa shape index (κ3) is 5.12. The van der Waals surface area contributed by atoms with Gasteiger partial charge in [-0.3, -0.25) is 5.32 Å². The smallest absolute Gasteiger partial charge is 0.105 e. The van der Waals surface area contributed by atoms with E-state index in [9.17, 15) is 5.26 Å². The van der Waals surface area contributed by atoms with Crippen LogP contribution in [0.15, 0.2) is 0 Å². The summed E-state index contributed by atoms with van der Waals surface area (Å²) in [5.74, 6) is 0. The number of nitrogens with one attached hydrogen (secondary N) is 1. The molecule has 0 amide bonds. The summed E-state index contributed by atoms with van der Waals surface area (Å²) in [4.78, 5) is 2.51. The average molecular weight is 265 g/mol. The summed E-state index contributed by atoms with van der Waals surface area (Å²) in [5.41, 5.74) is -0.396. The Labute approximate surface area is 119 Å². The Hall–Kier alpha value is -0.590. The molecule has 0 saturated heterocycles. The molecular formula is C16H31N3. The fourth-order valence-electron chi connectivity index (χ4n) is 3.31. The summed E-state index contributed by atoms with van der Waals surface area (Å²) in [7, 11) is 2.24. The van der Waals surface area contributed by atoms with Gasteiger partial charge in [0.15, 0.2) is 0 Å². The van der Waals surface area contributed by atoms with Gasteiger partial charge in [-0.05, 0) is 46.7 Å². The molecule has 2 unspecified atom stereocenters. The largest absolute Gasteiger partial charge is 0.301 e. The first-order chi connectivity index (χ1) is 9.02. The Bertz CT molecular complexity index is 289. The van der Waals surface area contributed by atoms with E-state index in [2.05, 4.69) is 37.2 Å². The fraction of sp³-hybridized carbons (Fsp3) is 0.938. The van der Waals surface area contributed by atoms with Crippen LogP contribution in [-0.2, 0) is 0 Å². The van der Waals surface area contributed by atoms with Gasteiger partial charge in [-0.2, -0.15) is 5.26 Å². The zero-order chi connectivity index (χ0) is 14.3. The van der Waals surface area contributed by atoms with Crippen molar-refractivity contribution < 1.29 is 0 Å². The maximum atomic E-state index is 9.37. The summed E-state index contributed by atoms with van der Waals surface area (Å²) < 4.78 is 0. The molecule has 1 N–H and O–H groups in total. The van der Waals surface area contributed by atoms with E-state index in [1.807, 2.05) is 6.92 Å². The predicted molar refractivity (Wildman–Crippen MR) is 81.0 cm³/mol. The lowest BCUT2D eigenvalue weighted by Crippen LogP contribution is -2.48. The van der Waals surface area contributed by atoms with Gasteiger partial charge in [0.05, 0.1) is 6.07 Å². The minimum Gasteiger partial charge on any atom is -0.301 e. The average Bonchev–Trinajstić information content (AvgIpc) is 2.66. The molecule has 0 aromatic rings. The third-order valence-corrected chi connectivity index (χ3v) is 4.61. The Kier molecular flexibility index (Phi) is 6.82.